The van der Waals surface area contributed by atoms with Crippen molar-refractivity contribution in [3.8, 4) is 0 Å². The van der Waals surface area contributed by atoms with Gasteiger partial charge < -0.3 is 0 Å². The number of hydrogen-bond donors (Lipinski definition) is 0. The van der Waals surface area contributed by atoms with Gasteiger partial charge >= 0.3 is 0 Å². The average Bonchev–Trinajstić information content (AvgIpc) is 3.26. The van der Waals surface area contributed by atoms with E-state index in [1.54, 1.807) is 0 Å². The summed E-state index contributed by atoms with van der Waals surface area (Å²) in [6, 6.07) is 91.1. The Bertz CT molecular complexity index is 5780. The van der Waals surface area contributed by atoms with Crippen LogP contribution in [0.5, 0.6) is 0 Å². The van der Waals surface area contributed by atoms with Gasteiger partial charge in [-0.3, -0.25) is 0 Å². The van der Waals surface area contributed by atoms with Gasteiger partial charge in [0.05, 0.1) is 0 Å². The zero-order valence-electron chi connectivity index (χ0n) is 42.7. The van der Waals surface area contributed by atoms with Gasteiger partial charge in [-0.25, -0.2) is 0 Å². The molecule has 16 aromatic carbocycles. The fourth-order valence-corrected chi connectivity index (χ4v) is 18.9. The number of benzene rings is 16. The first-order valence-corrected chi connectivity index (χ1v) is 30.6. The van der Waals surface area contributed by atoms with Crippen molar-refractivity contribution in [1.82, 2.24) is 0 Å². The van der Waals surface area contributed by atoms with Crippen LogP contribution < -0.4 is 0 Å². The second-order valence-corrected chi connectivity index (χ2v) is 26.0. The molecule has 0 saturated heterocycles. The molecule has 0 aliphatic rings. The van der Waals surface area contributed by atoms with E-state index >= 15 is 0 Å². The van der Waals surface area contributed by atoms with Crippen molar-refractivity contribution in [3.05, 3.63) is 243 Å². The normalized spacial score (nSPS) is 12.5. The Morgan fingerprint density at radius 1 is 0.150 bits per heavy atom. The molecule has 4 aromatic heterocycles. The van der Waals surface area contributed by atoms with Crippen molar-refractivity contribution in [3.63, 3.8) is 0 Å². The molecule has 0 aliphatic carbocycles. The summed E-state index contributed by atoms with van der Waals surface area (Å²) in [6.45, 7) is 0. The SMILES string of the molecule is c1ccc2c(c1)ccc1c2sc2cccc3c2c1c1cccc2sc4c5ccccc5ccc4c3c21.c1ccc2cc3cc4c(cc3cc2c1)sc1cccc2c1c4c1cccc3sc4cc5cc6ccccc6cc5cc4c2c31. The molecule has 20 rings (SSSR count). The Balaban J connectivity index is 0.000000122. The van der Waals surface area contributed by atoms with Crippen LogP contribution in [0.3, 0.4) is 0 Å². The standard InChI is InChI=1S/C42H22S2.C34H18S2/c1-3-9-25-17-29-21-37-33(19-27(29)15-23(25)7-1)39-31-11-5-14-36-42(31)40(32-12-6-13-35(43-37)41(32)39)34-20-28-16-24-8-2-4-10-26(24)18-30(28)22-38(34)44-36;1-3-9-21-19(7-1)15-17-25-29-23-11-6-14-28-32(23)30(24-12-5-13-27(31(24)29)35-33(21)25)26-18-16-20-8-2-4-10-22(20)34(26)36-28/h1-22H;1-18H. The monoisotopic (exact) mass is 1080 g/mol. The Hall–Kier alpha value is -9.00. The maximum atomic E-state index is 2.45. The van der Waals surface area contributed by atoms with Crippen molar-refractivity contribution in [2.75, 3.05) is 0 Å². The molecule has 0 bridgehead atoms. The fourth-order valence-electron chi connectivity index (χ4n) is 14.0. The predicted octanol–water partition coefficient (Wildman–Crippen LogP) is 24.4. The zero-order valence-corrected chi connectivity index (χ0v) is 46.0. The lowest BCUT2D eigenvalue weighted by Crippen LogP contribution is -1.89. The van der Waals surface area contributed by atoms with Crippen LogP contribution in [0.15, 0.2) is 243 Å². The topological polar surface area (TPSA) is 0 Å². The Kier molecular flexibility index (Phi) is 8.95. The molecule has 0 amide bonds. The van der Waals surface area contributed by atoms with Crippen LogP contribution in [0.2, 0.25) is 0 Å². The molecule has 0 radical (unpaired) electrons. The van der Waals surface area contributed by atoms with E-state index in [0.717, 1.165) is 0 Å². The molecular weight excluding hydrogens is 1040 g/mol. The first-order valence-electron chi connectivity index (χ1n) is 27.4. The van der Waals surface area contributed by atoms with Gasteiger partial charge in [0, 0.05) is 102 Å². The van der Waals surface area contributed by atoms with Crippen LogP contribution in [0.4, 0.5) is 0 Å². The van der Waals surface area contributed by atoms with Crippen molar-refractivity contribution in [1.29, 1.82) is 0 Å². The highest BCUT2D eigenvalue weighted by Gasteiger charge is 2.22. The van der Waals surface area contributed by atoms with E-state index in [1.165, 1.54) is 188 Å². The molecule has 0 unspecified atom stereocenters. The first kappa shape index (κ1) is 43.9. The highest BCUT2D eigenvalue weighted by Crippen LogP contribution is 2.52. The van der Waals surface area contributed by atoms with E-state index in [4.69, 9.17) is 0 Å². The smallest absolute Gasteiger partial charge is 0.0433 e. The maximum absolute atomic E-state index is 2.45. The highest BCUT2D eigenvalue weighted by molar-refractivity contribution is 7.27. The average molecular weight is 1080 g/mol. The van der Waals surface area contributed by atoms with Crippen LogP contribution >= 0.6 is 45.3 Å². The molecule has 0 spiro atoms. The van der Waals surface area contributed by atoms with Crippen molar-refractivity contribution >= 4 is 234 Å². The first-order chi connectivity index (χ1) is 39.6. The summed E-state index contributed by atoms with van der Waals surface area (Å²) in [4.78, 5) is 0. The van der Waals surface area contributed by atoms with Gasteiger partial charge in [-0.2, -0.15) is 0 Å². The second kappa shape index (κ2) is 16.3. The molecule has 368 valence electrons. The third kappa shape index (κ3) is 6.08. The molecule has 0 nitrogen and oxygen atoms in total. The van der Waals surface area contributed by atoms with E-state index < -0.39 is 0 Å². The quantitative estimate of drug-likeness (QED) is 0.105. The van der Waals surface area contributed by atoms with E-state index in [9.17, 15) is 0 Å². The van der Waals surface area contributed by atoms with Gasteiger partial charge in [-0.05, 0) is 159 Å². The molecule has 0 aliphatic heterocycles. The van der Waals surface area contributed by atoms with E-state index in [2.05, 4.69) is 243 Å². The number of rotatable bonds is 0. The second-order valence-electron chi connectivity index (χ2n) is 21.7. The molecule has 0 N–H and O–H groups in total. The third-order valence-corrected chi connectivity index (χ3v) is 22.1. The zero-order chi connectivity index (χ0) is 51.9. The summed E-state index contributed by atoms with van der Waals surface area (Å²) >= 11 is 7.72. The van der Waals surface area contributed by atoms with E-state index in [0.29, 0.717) is 0 Å². The molecule has 80 heavy (non-hydrogen) atoms. The third-order valence-electron chi connectivity index (χ3n) is 17.5. The lowest BCUT2D eigenvalue weighted by Gasteiger charge is -2.18. The lowest BCUT2D eigenvalue weighted by molar-refractivity contribution is 1.80. The highest BCUT2D eigenvalue weighted by atomic mass is 32.1. The van der Waals surface area contributed by atoms with Gasteiger partial charge in [0.25, 0.3) is 0 Å². The molecule has 20 aromatic rings. The lowest BCUT2D eigenvalue weighted by atomic mass is 9.90. The van der Waals surface area contributed by atoms with Gasteiger partial charge in [-0.1, -0.05) is 170 Å². The van der Waals surface area contributed by atoms with Crippen LogP contribution in [0, 0.1) is 0 Å². The Labute approximate surface area is 472 Å². The largest absolute Gasteiger partial charge is 0.135 e. The van der Waals surface area contributed by atoms with Gasteiger partial charge in [0.2, 0.25) is 0 Å². The number of hydrogen-bond acceptors (Lipinski definition) is 4. The van der Waals surface area contributed by atoms with Gasteiger partial charge in [0.1, 0.15) is 0 Å². The van der Waals surface area contributed by atoms with Crippen molar-refractivity contribution in [2.24, 2.45) is 0 Å². The summed E-state index contributed by atoms with van der Waals surface area (Å²) in [5.74, 6) is 0. The predicted molar refractivity (Wildman–Crippen MR) is 360 cm³/mol. The summed E-state index contributed by atoms with van der Waals surface area (Å²) in [5, 5.41) is 37.7. The van der Waals surface area contributed by atoms with Crippen molar-refractivity contribution in [2.45, 2.75) is 0 Å². The summed E-state index contributed by atoms with van der Waals surface area (Å²) in [7, 11) is 0. The molecule has 0 saturated carbocycles. The van der Waals surface area contributed by atoms with Crippen LogP contribution in [-0.2, 0) is 0 Å². The molecule has 0 fully saturated rings. The van der Waals surface area contributed by atoms with Crippen molar-refractivity contribution < 1.29 is 0 Å². The Morgan fingerprint density at radius 2 is 0.450 bits per heavy atom. The molecule has 4 heterocycles. The van der Waals surface area contributed by atoms with Crippen LogP contribution in [-0.4, -0.2) is 0 Å². The van der Waals surface area contributed by atoms with E-state index in [1.807, 2.05) is 45.3 Å². The molecule has 0 atom stereocenters. The summed E-state index contributed by atoms with van der Waals surface area (Å²) in [6.07, 6.45) is 0. The maximum Gasteiger partial charge on any atom is 0.0433 e. The van der Waals surface area contributed by atoms with Gasteiger partial charge in [0.15, 0.2) is 0 Å². The molecular formula is C76H40S4. The van der Waals surface area contributed by atoms with E-state index in [-0.39, 0.29) is 0 Å². The summed E-state index contributed by atoms with van der Waals surface area (Å²) < 4.78 is 10.9. The minimum Gasteiger partial charge on any atom is -0.135 e. The van der Waals surface area contributed by atoms with Crippen LogP contribution in [0.25, 0.3) is 188 Å². The fraction of sp³-hybridized carbons (Fsp3) is 0. The Morgan fingerprint density at radius 3 is 0.825 bits per heavy atom. The molecule has 4 heteroatoms. The number of fused-ring (bicyclic) bond motifs is 20. The summed E-state index contributed by atoms with van der Waals surface area (Å²) in [5.41, 5.74) is 0. The van der Waals surface area contributed by atoms with Crippen LogP contribution in [0.1, 0.15) is 0 Å². The minimum absolute atomic E-state index is 1.29. The minimum atomic E-state index is 1.29. The van der Waals surface area contributed by atoms with Gasteiger partial charge in [-0.15, -0.1) is 45.3 Å².